The van der Waals surface area contributed by atoms with Gasteiger partial charge < -0.3 is 5.11 Å². The monoisotopic (exact) mass is 288 g/mol. The normalized spacial score (nSPS) is 12.5. The average Bonchev–Trinajstić information content (AvgIpc) is 2.20. The van der Waals surface area contributed by atoms with Crippen molar-refractivity contribution in [3.05, 3.63) is 28.2 Å². The SMILES string of the molecule is CCC(C)Sc1ccc(Br)c(C(=O)O)c1. The number of hydrogen-bond acceptors (Lipinski definition) is 2. The molecule has 0 aromatic heterocycles. The quantitative estimate of drug-likeness (QED) is 0.850. The first-order chi connectivity index (χ1) is 7.04. The Balaban J connectivity index is 2.92. The van der Waals surface area contributed by atoms with Crippen LogP contribution in [-0.2, 0) is 0 Å². The lowest BCUT2D eigenvalue weighted by Crippen LogP contribution is -1.99. The predicted octanol–water partition coefficient (Wildman–Crippen LogP) is 4.04. The Kier molecular flexibility index (Phi) is 4.67. The van der Waals surface area contributed by atoms with Gasteiger partial charge in [-0.1, -0.05) is 13.8 Å². The summed E-state index contributed by atoms with van der Waals surface area (Å²) in [5.74, 6) is -0.895. The zero-order chi connectivity index (χ0) is 11.4. The lowest BCUT2D eigenvalue weighted by atomic mass is 10.2. The smallest absolute Gasteiger partial charge is 0.336 e. The molecule has 0 heterocycles. The standard InChI is InChI=1S/C11H13BrO2S/c1-3-7(2)15-8-4-5-10(12)9(6-8)11(13)14/h4-7H,3H2,1-2H3,(H,13,14). The molecule has 1 aromatic rings. The molecular formula is C11H13BrO2S. The third kappa shape index (κ3) is 3.54. The number of aromatic carboxylic acids is 1. The Morgan fingerprint density at radius 3 is 2.80 bits per heavy atom. The third-order valence-electron chi connectivity index (χ3n) is 2.08. The Labute approximate surface area is 102 Å². The van der Waals surface area contributed by atoms with E-state index in [0.717, 1.165) is 11.3 Å². The highest BCUT2D eigenvalue weighted by atomic mass is 79.9. The van der Waals surface area contributed by atoms with Gasteiger partial charge in [-0.3, -0.25) is 0 Å². The summed E-state index contributed by atoms with van der Waals surface area (Å²) in [6.45, 7) is 4.25. The summed E-state index contributed by atoms with van der Waals surface area (Å²) in [5.41, 5.74) is 0.323. The number of carboxylic acids is 1. The van der Waals surface area contributed by atoms with Gasteiger partial charge in [0.25, 0.3) is 0 Å². The highest BCUT2D eigenvalue weighted by Crippen LogP contribution is 2.28. The van der Waals surface area contributed by atoms with Gasteiger partial charge in [0.05, 0.1) is 5.56 Å². The van der Waals surface area contributed by atoms with Crippen LogP contribution in [0.25, 0.3) is 0 Å². The molecule has 15 heavy (non-hydrogen) atoms. The second kappa shape index (κ2) is 5.56. The van der Waals surface area contributed by atoms with Gasteiger partial charge in [0.2, 0.25) is 0 Å². The van der Waals surface area contributed by atoms with Crippen LogP contribution in [0.5, 0.6) is 0 Å². The van der Waals surface area contributed by atoms with Crippen LogP contribution in [0.1, 0.15) is 30.6 Å². The summed E-state index contributed by atoms with van der Waals surface area (Å²) in [4.78, 5) is 11.9. The molecular weight excluding hydrogens is 276 g/mol. The van der Waals surface area contributed by atoms with Crippen molar-refractivity contribution in [2.75, 3.05) is 0 Å². The zero-order valence-electron chi connectivity index (χ0n) is 8.66. The van der Waals surface area contributed by atoms with E-state index in [4.69, 9.17) is 5.11 Å². The minimum Gasteiger partial charge on any atom is -0.478 e. The van der Waals surface area contributed by atoms with E-state index in [9.17, 15) is 4.79 Å². The molecule has 0 spiro atoms. The van der Waals surface area contributed by atoms with Crippen LogP contribution in [0.2, 0.25) is 0 Å². The fourth-order valence-corrected chi connectivity index (χ4v) is 2.44. The minimum absolute atomic E-state index is 0.323. The fourth-order valence-electron chi connectivity index (χ4n) is 1.06. The molecule has 1 unspecified atom stereocenters. The summed E-state index contributed by atoms with van der Waals surface area (Å²) in [7, 11) is 0. The summed E-state index contributed by atoms with van der Waals surface area (Å²) < 4.78 is 0.628. The van der Waals surface area contributed by atoms with Crippen LogP contribution in [0, 0.1) is 0 Å². The van der Waals surface area contributed by atoms with E-state index in [1.807, 2.05) is 6.07 Å². The molecule has 0 saturated heterocycles. The van der Waals surface area contributed by atoms with Gasteiger partial charge in [0.15, 0.2) is 0 Å². The summed E-state index contributed by atoms with van der Waals surface area (Å²) in [6.07, 6.45) is 1.07. The molecule has 1 aromatic carbocycles. The molecule has 0 saturated carbocycles. The molecule has 0 radical (unpaired) electrons. The molecule has 4 heteroatoms. The Morgan fingerprint density at radius 1 is 1.60 bits per heavy atom. The number of halogens is 1. The lowest BCUT2D eigenvalue weighted by molar-refractivity contribution is 0.0695. The number of carboxylic acid groups (broad SMARTS) is 1. The fraction of sp³-hybridized carbons (Fsp3) is 0.364. The summed E-state index contributed by atoms with van der Waals surface area (Å²) >= 11 is 4.92. The molecule has 1 N–H and O–H groups in total. The Bertz CT molecular complexity index is 366. The maximum Gasteiger partial charge on any atom is 0.336 e. The van der Waals surface area contributed by atoms with Gasteiger partial charge in [0, 0.05) is 14.6 Å². The van der Waals surface area contributed by atoms with Crippen molar-refractivity contribution in [3.63, 3.8) is 0 Å². The van der Waals surface area contributed by atoms with E-state index in [1.165, 1.54) is 0 Å². The van der Waals surface area contributed by atoms with E-state index in [1.54, 1.807) is 23.9 Å². The van der Waals surface area contributed by atoms with Gasteiger partial charge in [-0.05, 0) is 40.5 Å². The van der Waals surface area contributed by atoms with E-state index in [0.29, 0.717) is 15.3 Å². The van der Waals surface area contributed by atoms with Gasteiger partial charge >= 0.3 is 5.97 Å². The minimum atomic E-state index is -0.895. The summed E-state index contributed by atoms with van der Waals surface area (Å²) in [5, 5.41) is 9.45. The van der Waals surface area contributed by atoms with Gasteiger partial charge in [0.1, 0.15) is 0 Å². The first-order valence-electron chi connectivity index (χ1n) is 4.74. The second-order valence-corrected chi connectivity index (χ2v) is 5.65. The molecule has 0 aliphatic carbocycles. The van der Waals surface area contributed by atoms with Gasteiger partial charge in [-0.2, -0.15) is 0 Å². The topological polar surface area (TPSA) is 37.3 Å². The van der Waals surface area contributed by atoms with E-state index < -0.39 is 5.97 Å². The lowest BCUT2D eigenvalue weighted by Gasteiger charge is -2.09. The number of carbonyl (C=O) groups is 1. The maximum absolute atomic E-state index is 10.9. The molecule has 0 aliphatic heterocycles. The van der Waals surface area contributed by atoms with Crippen LogP contribution in [0.4, 0.5) is 0 Å². The Hall–Kier alpha value is -0.480. The van der Waals surface area contributed by atoms with Crippen molar-refractivity contribution >= 4 is 33.7 Å². The molecule has 2 nitrogen and oxygen atoms in total. The maximum atomic E-state index is 10.9. The van der Waals surface area contributed by atoms with E-state index >= 15 is 0 Å². The molecule has 0 fully saturated rings. The second-order valence-electron chi connectivity index (χ2n) is 3.28. The van der Waals surface area contributed by atoms with Crippen LogP contribution in [0.3, 0.4) is 0 Å². The Morgan fingerprint density at radius 2 is 2.27 bits per heavy atom. The van der Waals surface area contributed by atoms with E-state index in [-0.39, 0.29) is 0 Å². The number of thioether (sulfide) groups is 1. The molecule has 1 rings (SSSR count). The van der Waals surface area contributed by atoms with Crippen molar-refractivity contribution < 1.29 is 9.90 Å². The third-order valence-corrected chi connectivity index (χ3v) is 4.03. The van der Waals surface area contributed by atoms with Gasteiger partial charge in [-0.25, -0.2) is 4.79 Å². The van der Waals surface area contributed by atoms with Crippen LogP contribution in [0.15, 0.2) is 27.6 Å². The average molecular weight is 289 g/mol. The molecule has 1 atom stereocenters. The van der Waals surface area contributed by atoms with Crippen molar-refractivity contribution in [2.24, 2.45) is 0 Å². The van der Waals surface area contributed by atoms with Crippen molar-refractivity contribution in [3.8, 4) is 0 Å². The first kappa shape index (κ1) is 12.6. The first-order valence-corrected chi connectivity index (χ1v) is 6.41. The van der Waals surface area contributed by atoms with Crippen LogP contribution < -0.4 is 0 Å². The highest BCUT2D eigenvalue weighted by Gasteiger charge is 2.10. The largest absolute Gasteiger partial charge is 0.478 e. The van der Waals surface area contributed by atoms with Gasteiger partial charge in [-0.15, -0.1) is 11.8 Å². The number of hydrogen-bond donors (Lipinski definition) is 1. The number of rotatable bonds is 4. The number of benzene rings is 1. The van der Waals surface area contributed by atoms with Crippen molar-refractivity contribution in [1.29, 1.82) is 0 Å². The predicted molar refractivity (Wildman–Crippen MR) is 66.7 cm³/mol. The zero-order valence-corrected chi connectivity index (χ0v) is 11.1. The van der Waals surface area contributed by atoms with E-state index in [2.05, 4.69) is 29.8 Å². The van der Waals surface area contributed by atoms with Crippen LogP contribution in [-0.4, -0.2) is 16.3 Å². The molecule has 82 valence electrons. The van der Waals surface area contributed by atoms with Crippen LogP contribution >= 0.6 is 27.7 Å². The molecule has 0 bridgehead atoms. The van der Waals surface area contributed by atoms with Crippen molar-refractivity contribution in [1.82, 2.24) is 0 Å². The van der Waals surface area contributed by atoms with Crippen molar-refractivity contribution in [2.45, 2.75) is 30.4 Å². The highest BCUT2D eigenvalue weighted by molar-refractivity contribution is 9.10. The molecule has 0 aliphatic rings. The molecule has 0 amide bonds. The summed E-state index contributed by atoms with van der Waals surface area (Å²) in [6, 6.07) is 5.44.